The molecule has 3 nitrogen and oxygen atoms in total. The van der Waals surface area contributed by atoms with Crippen LogP contribution in [0.15, 0.2) is 40.5 Å². The van der Waals surface area contributed by atoms with Crippen molar-refractivity contribution in [2.45, 2.75) is 6.42 Å². The van der Waals surface area contributed by atoms with Crippen LogP contribution < -0.4 is 0 Å². The molecule has 0 spiro atoms. The molecule has 3 aliphatic rings. The zero-order valence-corrected chi connectivity index (χ0v) is 7.23. The predicted molar refractivity (Wildman–Crippen MR) is 50.0 cm³/mol. The van der Waals surface area contributed by atoms with Gasteiger partial charge in [0.05, 0.1) is 13.2 Å². The largest absolute Gasteiger partial charge is 0.489 e. The molecule has 0 unspecified atom stereocenters. The van der Waals surface area contributed by atoms with E-state index < -0.39 is 0 Å². The van der Waals surface area contributed by atoms with Crippen LogP contribution >= 0.6 is 0 Å². The summed E-state index contributed by atoms with van der Waals surface area (Å²) < 4.78 is 5.60. The van der Waals surface area contributed by atoms with E-state index in [2.05, 4.69) is 28.2 Å². The lowest BCUT2D eigenvalue weighted by molar-refractivity contribution is 0.205. The third-order valence-electron chi connectivity index (χ3n) is 2.39. The molecule has 0 amide bonds. The molecule has 3 aliphatic heterocycles. The molecule has 3 heteroatoms. The second-order valence-corrected chi connectivity index (χ2v) is 3.23. The topological polar surface area (TPSA) is 24.8 Å². The fourth-order valence-corrected chi connectivity index (χ4v) is 1.76. The normalized spacial score (nSPS) is 24.0. The molecule has 0 atom stereocenters. The van der Waals surface area contributed by atoms with Gasteiger partial charge < -0.3 is 9.64 Å². The van der Waals surface area contributed by atoms with Crippen molar-refractivity contribution in [3.63, 3.8) is 0 Å². The summed E-state index contributed by atoms with van der Waals surface area (Å²) in [5, 5.41) is 0. The van der Waals surface area contributed by atoms with Gasteiger partial charge in [-0.1, -0.05) is 6.08 Å². The molecule has 66 valence electrons. The van der Waals surface area contributed by atoms with Crippen LogP contribution in [0.4, 0.5) is 0 Å². The summed E-state index contributed by atoms with van der Waals surface area (Å²) in [6.07, 6.45) is 9.26. The van der Waals surface area contributed by atoms with Gasteiger partial charge in [0.15, 0.2) is 11.6 Å². The Hall–Kier alpha value is -1.51. The summed E-state index contributed by atoms with van der Waals surface area (Å²) in [6.45, 7) is 1.64. The van der Waals surface area contributed by atoms with Crippen LogP contribution in [0.5, 0.6) is 0 Å². The molecule has 3 heterocycles. The average Bonchev–Trinajstić information content (AvgIpc) is 2.65. The third kappa shape index (κ3) is 0.932. The molecule has 0 N–H and O–H groups in total. The second-order valence-electron chi connectivity index (χ2n) is 3.23. The lowest BCUT2D eigenvalue weighted by Gasteiger charge is -2.25. The maximum Gasteiger partial charge on any atom is 0.176 e. The van der Waals surface area contributed by atoms with Gasteiger partial charge in [0.2, 0.25) is 0 Å². The maximum absolute atomic E-state index is 5.60. The number of aliphatic imine (C=N–C) groups is 1. The Morgan fingerprint density at radius 1 is 1.46 bits per heavy atom. The highest BCUT2D eigenvalue weighted by molar-refractivity contribution is 5.67. The summed E-state index contributed by atoms with van der Waals surface area (Å²) in [5.41, 5.74) is 1.18. The van der Waals surface area contributed by atoms with Crippen LogP contribution in [0.2, 0.25) is 0 Å². The first-order valence-electron chi connectivity index (χ1n) is 4.50. The molecule has 3 rings (SSSR count). The molecule has 0 saturated heterocycles. The van der Waals surface area contributed by atoms with Crippen LogP contribution in [0.1, 0.15) is 6.42 Å². The van der Waals surface area contributed by atoms with Crippen molar-refractivity contribution >= 4 is 6.21 Å². The highest BCUT2D eigenvalue weighted by Crippen LogP contribution is 2.30. The Balaban J connectivity index is 2.13. The van der Waals surface area contributed by atoms with Gasteiger partial charge in [0, 0.05) is 24.4 Å². The van der Waals surface area contributed by atoms with Crippen molar-refractivity contribution in [2.24, 2.45) is 4.99 Å². The molecule has 0 aromatic rings. The minimum atomic E-state index is 0.777. The standard InChI is InChI=1S/C10H10N2O/c1-2-8-3-5-12-6-4-11-10(12)9(8)13-7-1/h2-5H,1,6-7H2. The first kappa shape index (κ1) is 6.95. The predicted octanol–water partition coefficient (Wildman–Crippen LogP) is 1.42. The molecule has 13 heavy (non-hydrogen) atoms. The Labute approximate surface area is 76.7 Å². The Morgan fingerprint density at radius 2 is 2.46 bits per heavy atom. The number of rotatable bonds is 0. The van der Waals surface area contributed by atoms with Gasteiger partial charge in [0.1, 0.15) is 0 Å². The smallest absolute Gasteiger partial charge is 0.176 e. The summed E-state index contributed by atoms with van der Waals surface area (Å²) in [4.78, 5) is 6.40. The van der Waals surface area contributed by atoms with Gasteiger partial charge in [0.25, 0.3) is 0 Å². The summed E-state index contributed by atoms with van der Waals surface area (Å²) in [5.74, 6) is 1.91. The first-order valence-corrected chi connectivity index (χ1v) is 4.50. The number of hydrogen-bond acceptors (Lipinski definition) is 3. The lowest BCUT2D eigenvalue weighted by atomic mass is 10.1. The lowest BCUT2D eigenvalue weighted by Crippen LogP contribution is -2.19. The molecule has 0 radical (unpaired) electrons. The molecule has 0 aliphatic carbocycles. The van der Waals surface area contributed by atoms with E-state index in [1.807, 2.05) is 6.21 Å². The van der Waals surface area contributed by atoms with E-state index in [9.17, 15) is 0 Å². The van der Waals surface area contributed by atoms with Crippen molar-refractivity contribution in [3.8, 4) is 0 Å². The second kappa shape index (κ2) is 2.49. The molecule has 0 fully saturated rings. The molecular formula is C10H10N2O. The van der Waals surface area contributed by atoms with Crippen LogP contribution in [-0.2, 0) is 4.74 Å². The van der Waals surface area contributed by atoms with Crippen molar-refractivity contribution in [2.75, 3.05) is 13.2 Å². The first-order chi connectivity index (χ1) is 6.45. The van der Waals surface area contributed by atoms with Crippen molar-refractivity contribution in [3.05, 3.63) is 35.5 Å². The van der Waals surface area contributed by atoms with Gasteiger partial charge >= 0.3 is 0 Å². The zero-order chi connectivity index (χ0) is 8.67. The molecule has 0 aromatic heterocycles. The van der Waals surface area contributed by atoms with Gasteiger partial charge in [-0.05, 0) is 6.08 Å². The van der Waals surface area contributed by atoms with Gasteiger partial charge in [-0.15, -0.1) is 0 Å². The molecule has 0 bridgehead atoms. The molecular weight excluding hydrogens is 164 g/mol. The van der Waals surface area contributed by atoms with Crippen molar-refractivity contribution in [1.29, 1.82) is 0 Å². The van der Waals surface area contributed by atoms with Gasteiger partial charge in [-0.3, -0.25) is 0 Å². The van der Waals surface area contributed by atoms with Gasteiger partial charge in [-0.2, -0.15) is 0 Å². The van der Waals surface area contributed by atoms with E-state index in [-0.39, 0.29) is 0 Å². The minimum Gasteiger partial charge on any atom is -0.489 e. The maximum atomic E-state index is 5.60. The van der Waals surface area contributed by atoms with E-state index in [1.54, 1.807) is 0 Å². The molecule has 0 saturated carbocycles. The fraction of sp³-hybridized carbons (Fsp3) is 0.300. The Morgan fingerprint density at radius 3 is 3.46 bits per heavy atom. The summed E-state index contributed by atoms with van der Waals surface area (Å²) in [6, 6.07) is 0. The monoisotopic (exact) mass is 174 g/mol. The number of allylic oxidation sites excluding steroid dienone is 1. The molecule has 0 aromatic carbocycles. The number of ether oxygens (including phenoxy) is 1. The van der Waals surface area contributed by atoms with Crippen LogP contribution in [-0.4, -0.2) is 24.3 Å². The highest BCUT2D eigenvalue weighted by atomic mass is 16.5. The Bertz CT molecular complexity index is 363. The number of nitrogens with zero attached hydrogens (tertiary/aromatic N) is 2. The zero-order valence-electron chi connectivity index (χ0n) is 7.23. The SMILES string of the molecule is C1=CN2CC=NC2=C2OCCC=C12. The van der Waals surface area contributed by atoms with Crippen LogP contribution in [0.3, 0.4) is 0 Å². The fourth-order valence-electron chi connectivity index (χ4n) is 1.76. The third-order valence-corrected chi connectivity index (χ3v) is 2.39. The van der Waals surface area contributed by atoms with Crippen LogP contribution in [0.25, 0.3) is 0 Å². The number of fused-ring (bicyclic) bond motifs is 2. The van der Waals surface area contributed by atoms with Crippen molar-refractivity contribution in [1.82, 2.24) is 4.90 Å². The average molecular weight is 174 g/mol. The quantitative estimate of drug-likeness (QED) is 0.554. The summed E-state index contributed by atoms with van der Waals surface area (Å²) >= 11 is 0. The Kier molecular flexibility index (Phi) is 1.33. The van der Waals surface area contributed by atoms with Crippen molar-refractivity contribution < 1.29 is 4.74 Å². The van der Waals surface area contributed by atoms with Gasteiger partial charge in [-0.25, -0.2) is 4.99 Å². The number of hydrogen-bond donors (Lipinski definition) is 0. The summed E-state index contributed by atoms with van der Waals surface area (Å²) in [7, 11) is 0. The van der Waals surface area contributed by atoms with E-state index in [0.29, 0.717) is 0 Å². The van der Waals surface area contributed by atoms with E-state index in [1.165, 1.54) is 5.57 Å². The van der Waals surface area contributed by atoms with E-state index in [4.69, 9.17) is 4.74 Å². The van der Waals surface area contributed by atoms with Crippen LogP contribution in [0, 0.1) is 0 Å². The highest BCUT2D eigenvalue weighted by Gasteiger charge is 2.24. The van der Waals surface area contributed by atoms with E-state index in [0.717, 1.165) is 31.2 Å². The van der Waals surface area contributed by atoms with E-state index >= 15 is 0 Å². The minimum absolute atomic E-state index is 0.777.